The van der Waals surface area contributed by atoms with E-state index in [9.17, 15) is 4.79 Å². The van der Waals surface area contributed by atoms with Crippen LogP contribution in [0.4, 0.5) is 0 Å². The van der Waals surface area contributed by atoms with Crippen LogP contribution in [0.25, 0.3) is 11.1 Å². The fraction of sp³-hybridized carbons (Fsp3) is 0.321. The van der Waals surface area contributed by atoms with Crippen molar-refractivity contribution in [3.63, 3.8) is 0 Å². The van der Waals surface area contributed by atoms with E-state index < -0.39 is 5.60 Å². The molecule has 31 heavy (non-hydrogen) atoms. The van der Waals surface area contributed by atoms with Crippen molar-refractivity contribution in [2.45, 2.75) is 60.2 Å². The van der Waals surface area contributed by atoms with Gasteiger partial charge in [0.05, 0.1) is 6.42 Å². The SMILES string of the molecule is Cc1cc(OCc2cccc(-c3c(C)cccc3C)c2)ccc1CC(=O)OC(C)(C)C. The molecular weight excluding hydrogens is 384 g/mol. The second kappa shape index (κ2) is 9.38. The summed E-state index contributed by atoms with van der Waals surface area (Å²) in [4.78, 5) is 12.1. The molecule has 0 bridgehead atoms. The number of carbonyl (C=O) groups excluding carboxylic acids is 1. The van der Waals surface area contributed by atoms with Crippen molar-refractivity contribution in [2.75, 3.05) is 0 Å². The Hall–Kier alpha value is -3.07. The van der Waals surface area contributed by atoms with Crippen LogP contribution in [0, 0.1) is 20.8 Å². The van der Waals surface area contributed by atoms with Crippen LogP contribution in [-0.2, 0) is 22.6 Å². The van der Waals surface area contributed by atoms with E-state index in [0.717, 1.165) is 22.4 Å². The molecule has 3 heteroatoms. The van der Waals surface area contributed by atoms with Crippen molar-refractivity contribution in [3.8, 4) is 16.9 Å². The maximum absolute atomic E-state index is 12.1. The minimum Gasteiger partial charge on any atom is -0.489 e. The van der Waals surface area contributed by atoms with Gasteiger partial charge in [-0.3, -0.25) is 4.79 Å². The van der Waals surface area contributed by atoms with E-state index in [1.54, 1.807) is 0 Å². The van der Waals surface area contributed by atoms with Crippen molar-refractivity contribution >= 4 is 5.97 Å². The standard InChI is InChI=1S/C28H32O3/c1-19-9-7-10-20(2)27(19)24-12-8-11-22(16-24)18-30-25-14-13-23(21(3)15-25)17-26(29)31-28(4,5)6/h7-16H,17-18H2,1-6H3. The van der Waals surface area contributed by atoms with Gasteiger partial charge in [-0.25, -0.2) is 0 Å². The van der Waals surface area contributed by atoms with Crippen molar-refractivity contribution < 1.29 is 14.3 Å². The van der Waals surface area contributed by atoms with Gasteiger partial charge in [0.2, 0.25) is 0 Å². The maximum Gasteiger partial charge on any atom is 0.310 e. The van der Waals surface area contributed by atoms with E-state index in [0.29, 0.717) is 6.61 Å². The fourth-order valence-corrected chi connectivity index (χ4v) is 3.74. The molecule has 0 saturated carbocycles. The molecule has 0 radical (unpaired) electrons. The van der Waals surface area contributed by atoms with Gasteiger partial charge in [0, 0.05) is 0 Å². The van der Waals surface area contributed by atoms with E-state index in [2.05, 4.69) is 56.3 Å². The molecule has 0 saturated heterocycles. The third-order valence-electron chi connectivity index (χ3n) is 5.17. The molecule has 0 aromatic heterocycles. The van der Waals surface area contributed by atoms with E-state index >= 15 is 0 Å². The van der Waals surface area contributed by atoms with E-state index in [4.69, 9.17) is 9.47 Å². The van der Waals surface area contributed by atoms with E-state index in [-0.39, 0.29) is 12.4 Å². The zero-order valence-corrected chi connectivity index (χ0v) is 19.4. The minimum absolute atomic E-state index is 0.215. The second-order valence-corrected chi connectivity index (χ2v) is 9.11. The molecule has 0 spiro atoms. The quantitative estimate of drug-likeness (QED) is 0.417. The molecule has 3 rings (SSSR count). The van der Waals surface area contributed by atoms with Crippen molar-refractivity contribution in [1.82, 2.24) is 0 Å². The summed E-state index contributed by atoms with van der Waals surface area (Å²) >= 11 is 0. The highest BCUT2D eigenvalue weighted by atomic mass is 16.6. The summed E-state index contributed by atoms with van der Waals surface area (Å²) in [6.07, 6.45) is 0.265. The van der Waals surface area contributed by atoms with Gasteiger partial charge in [0.25, 0.3) is 0 Å². The molecule has 3 nitrogen and oxygen atoms in total. The van der Waals surface area contributed by atoms with Gasteiger partial charge in [-0.1, -0.05) is 42.5 Å². The van der Waals surface area contributed by atoms with Crippen LogP contribution >= 0.6 is 0 Å². The molecule has 0 unspecified atom stereocenters. The van der Waals surface area contributed by atoms with Gasteiger partial charge >= 0.3 is 5.97 Å². The van der Waals surface area contributed by atoms with Gasteiger partial charge in [0.15, 0.2) is 0 Å². The Morgan fingerprint density at radius 3 is 2.16 bits per heavy atom. The summed E-state index contributed by atoms with van der Waals surface area (Å²) in [5.41, 5.74) is 7.66. The van der Waals surface area contributed by atoms with Crippen LogP contribution in [0.5, 0.6) is 5.75 Å². The first-order chi connectivity index (χ1) is 14.6. The summed E-state index contributed by atoms with van der Waals surface area (Å²) in [6.45, 7) is 12.4. The van der Waals surface area contributed by atoms with Crippen molar-refractivity contribution in [1.29, 1.82) is 0 Å². The lowest BCUT2D eigenvalue weighted by Gasteiger charge is -2.20. The van der Waals surface area contributed by atoms with Crippen molar-refractivity contribution in [2.24, 2.45) is 0 Å². The molecule has 0 N–H and O–H groups in total. The summed E-state index contributed by atoms with van der Waals surface area (Å²) in [5.74, 6) is 0.579. The summed E-state index contributed by atoms with van der Waals surface area (Å²) in [5, 5.41) is 0. The number of esters is 1. The molecule has 0 aliphatic rings. The molecular formula is C28H32O3. The van der Waals surface area contributed by atoms with Crippen molar-refractivity contribution in [3.05, 3.63) is 88.5 Å². The number of ether oxygens (including phenoxy) is 2. The Balaban J connectivity index is 1.68. The van der Waals surface area contributed by atoms with Crippen LogP contribution in [0.2, 0.25) is 0 Å². The monoisotopic (exact) mass is 416 g/mol. The first-order valence-corrected chi connectivity index (χ1v) is 10.7. The molecule has 0 aliphatic carbocycles. The average Bonchev–Trinajstić information content (AvgIpc) is 2.67. The fourth-order valence-electron chi connectivity index (χ4n) is 3.74. The Morgan fingerprint density at radius 2 is 1.52 bits per heavy atom. The number of rotatable bonds is 6. The zero-order valence-electron chi connectivity index (χ0n) is 19.4. The number of hydrogen-bond donors (Lipinski definition) is 0. The highest BCUT2D eigenvalue weighted by molar-refractivity contribution is 5.73. The van der Waals surface area contributed by atoms with E-state index in [1.807, 2.05) is 45.9 Å². The second-order valence-electron chi connectivity index (χ2n) is 9.11. The topological polar surface area (TPSA) is 35.5 Å². The zero-order chi connectivity index (χ0) is 22.6. The molecule has 3 aromatic carbocycles. The maximum atomic E-state index is 12.1. The third-order valence-corrected chi connectivity index (χ3v) is 5.17. The normalized spacial score (nSPS) is 11.3. The molecule has 162 valence electrons. The van der Waals surface area contributed by atoms with Gasteiger partial charge < -0.3 is 9.47 Å². The average molecular weight is 417 g/mol. The van der Waals surface area contributed by atoms with Crippen LogP contribution in [0.3, 0.4) is 0 Å². The molecule has 3 aromatic rings. The van der Waals surface area contributed by atoms with E-state index in [1.165, 1.54) is 22.3 Å². The van der Waals surface area contributed by atoms with Gasteiger partial charge in [-0.2, -0.15) is 0 Å². The number of benzene rings is 3. The first-order valence-electron chi connectivity index (χ1n) is 10.7. The summed E-state index contributed by atoms with van der Waals surface area (Å²) in [7, 11) is 0. The lowest BCUT2D eigenvalue weighted by Crippen LogP contribution is -2.25. The van der Waals surface area contributed by atoms with Crippen LogP contribution < -0.4 is 4.74 Å². The first kappa shape index (κ1) is 22.6. The Morgan fingerprint density at radius 1 is 0.839 bits per heavy atom. The molecule has 0 amide bonds. The van der Waals surface area contributed by atoms with Crippen LogP contribution in [0.15, 0.2) is 60.7 Å². The highest BCUT2D eigenvalue weighted by Crippen LogP contribution is 2.28. The molecule has 0 aliphatic heterocycles. The largest absolute Gasteiger partial charge is 0.489 e. The molecule has 0 atom stereocenters. The third kappa shape index (κ3) is 6.21. The number of aryl methyl sites for hydroxylation is 3. The van der Waals surface area contributed by atoms with Gasteiger partial charge in [-0.15, -0.1) is 0 Å². The van der Waals surface area contributed by atoms with Gasteiger partial charge in [0.1, 0.15) is 18.0 Å². The molecule has 0 fully saturated rings. The Bertz CT molecular complexity index is 1050. The Labute approximate surface area is 186 Å². The predicted octanol–water partition coefficient (Wildman–Crippen LogP) is 6.74. The highest BCUT2D eigenvalue weighted by Gasteiger charge is 2.17. The number of hydrogen-bond acceptors (Lipinski definition) is 3. The Kier molecular flexibility index (Phi) is 6.84. The molecule has 0 heterocycles. The summed E-state index contributed by atoms with van der Waals surface area (Å²) < 4.78 is 11.5. The number of carbonyl (C=O) groups is 1. The lowest BCUT2D eigenvalue weighted by molar-refractivity contribution is -0.153. The van der Waals surface area contributed by atoms with Gasteiger partial charge in [-0.05, 0) is 98.7 Å². The lowest BCUT2D eigenvalue weighted by atomic mass is 9.95. The minimum atomic E-state index is -0.473. The van der Waals surface area contributed by atoms with Crippen LogP contribution in [-0.4, -0.2) is 11.6 Å². The van der Waals surface area contributed by atoms with Crippen LogP contribution in [0.1, 0.15) is 48.6 Å². The smallest absolute Gasteiger partial charge is 0.310 e. The summed E-state index contributed by atoms with van der Waals surface area (Å²) in [6, 6.07) is 20.7. The predicted molar refractivity (Wildman–Crippen MR) is 126 cm³/mol.